The number of nitro groups is 1. The van der Waals surface area contributed by atoms with Crippen molar-refractivity contribution in [3.63, 3.8) is 0 Å². The van der Waals surface area contributed by atoms with E-state index in [9.17, 15) is 14.9 Å². The summed E-state index contributed by atoms with van der Waals surface area (Å²) in [5, 5.41) is 11.3. The average molecular weight is 291 g/mol. The number of likely N-dealkylation sites (N-methyl/N-ethyl adjacent to an activating group) is 1. The first-order valence-electron chi connectivity index (χ1n) is 7.11. The molecule has 1 heterocycles. The SMILES string of the molecule is CC(=O)c1ccc(N2CCCC2CN(C)C)c([N+](=O)[O-])c1. The van der Waals surface area contributed by atoms with Gasteiger partial charge >= 0.3 is 0 Å². The second-order valence-electron chi connectivity index (χ2n) is 5.77. The van der Waals surface area contributed by atoms with Gasteiger partial charge in [0.1, 0.15) is 5.69 Å². The summed E-state index contributed by atoms with van der Waals surface area (Å²) in [6.07, 6.45) is 2.06. The van der Waals surface area contributed by atoms with E-state index in [1.165, 1.54) is 13.0 Å². The third-order valence-electron chi connectivity index (χ3n) is 3.84. The lowest BCUT2D eigenvalue weighted by Gasteiger charge is -2.28. The summed E-state index contributed by atoms with van der Waals surface area (Å²) in [6.45, 7) is 3.10. The van der Waals surface area contributed by atoms with E-state index in [1.807, 2.05) is 14.1 Å². The summed E-state index contributed by atoms with van der Waals surface area (Å²) in [5.74, 6) is -0.157. The molecule has 6 heteroatoms. The minimum Gasteiger partial charge on any atom is -0.362 e. The van der Waals surface area contributed by atoms with Crippen LogP contribution in [-0.4, -0.2) is 48.8 Å². The summed E-state index contributed by atoms with van der Waals surface area (Å²) < 4.78 is 0. The maximum Gasteiger partial charge on any atom is 0.293 e. The highest BCUT2D eigenvalue weighted by atomic mass is 16.6. The average Bonchev–Trinajstić information content (AvgIpc) is 2.84. The van der Waals surface area contributed by atoms with Crippen LogP contribution >= 0.6 is 0 Å². The van der Waals surface area contributed by atoms with Gasteiger partial charge in [0, 0.05) is 30.8 Å². The van der Waals surface area contributed by atoms with Crippen LogP contribution in [-0.2, 0) is 0 Å². The first-order valence-corrected chi connectivity index (χ1v) is 7.11. The van der Waals surface area contributed by atoms with Crippen molar-refractivity contribution in [2.45, 2.75) is 25.8 Å². The van der Waals surface area contributed by atoms with E-state index in [-0.39, 0.29) is 17.5 Å². The molecule has 0 saturated carbocycles. The summed E-state index contributed by atoms with van der Waals surface area (Å²) in [4.78, 5) is 26.6. The number of nitro benzene ring substituents is 1. The molecule has 0 bridgehead atoms. The molecule has 1 fully saturated rings. The molecular formula is C15H21N3O3. The zero-order valence-electron chi connectivity index (χ0n) is 12.7. The van der Waals surface area contributed by atoms with Crippen LogP contribution in [0, 0.1) is 10.1 Å². The van der Waals surface area contributed by atoms with Crippen LogP contribution in [0.5, 0.6) is 0 Å². The molecule has 0 spiro atoms. The Morgan fingerprint density at radius 2 is 2.19 bits per heavy atom. The second kappa shape index (κ2) is 6.22. The number of carbonyl (C=O) groups is 1. The van der Waals surface area contributed by atoms with E-state index in [0.717, 1.165) is 25.9 Å². The number of hydrogen-bond acceptors (Lipinski definition) is 5. The Balaban J connectivity index is 2.38. The number of hydrogen-bond donors (Lipinski definition) is 0. The summed E-state index contributed by atoms with van der Waals surface area (Å²) in [7, 11) is 4.01. The monoisotopic (exact) mass is 291 g/mol. The minimum absolute atomic E-state index is 0.0216. The molecule has 0 amide bonds. The molecule has 0 aliphatic carbocycles. The molecule has 1 aromatic carbocycles. The van der Waals surface area contributed by atoms with Crippen LogP contribution in [0.15, 0.2) is 18.2 Å². The van der Waals surface area contributed by atoms with E-state index >= 15 is 0 Å². The van der Waals surface area contributed by atoms with E-state index in [1.54, 1.807) is 12.1 Å². The summed E-state index contributed by atoms with van der Waals surface area (Å²) >= 11 is 0. The number of Topliss-reactive ketones (excluding diaryl/α,β-unsaturated/α-hetero) is 1. The first kappa shape index (κ1) is 15.4. The molecule has 1 aliphatic heterocycles. The Morgan fingerprint density at radius 1 is 1.48 bits per heavy atom. The van der Waals surface area contributed by atoms with Gasteiger partial charge in [-0.2, -0.15) is 0 Å². The van der Waals surface area contributed by atoms with Gasteiger partial charge in [-0.1, -0.05) is 0 Å². The van der Waals surface area contributed by atoms with Crippen LogP contribution in [0.2, 0.25) is 0 Å². The Hall–Kier alpha value is -1.95. The normalized spacial score (nSPS) is 18.3. The van der Waals surface area contributed by atoms with Crippen LogP contribution < -0.4 is 4.90 Å². The lowest BCUT2D eigenvalue weighted by Crippen LogP contribution is -2.37. The van der Waals surface area contributed by atoms with Crippen molar-refractivity contribution < 1.29 is 9.72 Å². The van der Waals surface area contributed by atoms with Crippen molar-refractivity contribution in [3.8, 4) is 0 Å². The summed E-state index contributed by atoms with van der Waals surface area (Å²) in [5.41, 5.74) is 1.02. The molecule has 0 N–H and O–H groups in total. The fourth-order valence-corrected chi connectivity index (χ4v) is 2.90. The smallest absolute Gasteiger partial charge is 0.293 e. The molecule has 0 aromatic heterocycles. The largest absolute Gasteiger partial charge is 0.362 e. The minimum atomic E-state index is -0.396. The number of anilines is 1. The van der Waals surface area contributed by atoms with Gasteiger partial charge in [-0.25, -0.2) is 0 Å². The third kappa shape index (κ3) is 3.39. The van der Waals surface area contributed by atoms with Gasteiger partial charge < -0.3 is 9.80 Å². The second-order valence-corrected chi connectivity index (χ2v) is 5.77. The topological polar surface area (TPSA) is 66.7 Å². The van der Waals surface area contributed by atoms with E-state index in [0.29, 0.717) is 11.3 Å². The number of carbonyl (C=O) groups excluding carboxylic acids is 1. The van der Waals surface area contributed by atoms with Crippen LogP contribution in [0.4, 0.5) is 11.4 Å². The van der Waals surface area contributed by atoms with Crippen LogP contribution in [0.3, 0.4) is 0 Å². The van der Waals surface area contributed by atoms with Crippen molar-refractivity contribution >= 4 is 17.2 Å². The number of benzene rings is 1. The Morgan fingerprint density at radius 3 is 2.76 bits per heavy atom. The van der Waals surface area contributed by atoms with Crippen molar-refractivity contribution in [1.29, 1.82) is 0 Å². The summed E-state index contributed by atoms with van der Waals surface area (Å²) in [6, 6.07) is 5.06. The van der Waals surface area contributed by atoms with Crippen molar-refractivity contribution in [3.05, 3.63) is 33.9 Å². The van der Waals surface area contributed by atoms with Gasteiger partial charge in [0.05, 0.1) is 4.92 Å². The predicted molar refractivity (Wildman–Crippen MR) is 82.0 cm³/mol. The van der Waals surface area contributed by atoms with Gasteiger partial charge in [-0.3, -0.25) is 14.9 Å². The van der Waals surface area contributed by atoms with Crippen molar-refractivity contribution in [2.24, 2.45) is 0 Å². The van der Waals surface area contributed by atoms with E-state index in [2.05, 4.69) is 9.80 Å². The molecule has 21 heavy (non-hydrogen) atoms. The van der Waals surface area contributed by atoms with E-state index < -0.39 is 4.92 Å². The third-order valence-corrected chi connectivity index (χ3v) is 3.84. The maximum absolute atomic E-state index is 11.4. The maximum atomic E-state index is 11.4. The van der Waals surface area contributed by atoms with E-state index in [4.69, 9.17) is 0 Å². The van der Waals surface area contributed by atoms with Crippen LogP contribution in [0.1, 0.15) is 30.1 Å². The fraction of sp³-hybridized carbons (Fsp3) is 0.533. The zero-order valence-corrected chi connectivity index (χ0v) is 12.7. The predicted octanol–water partition coefficient (Wildman–Crippen LogP) is 2.33. The van der Waals surface area contributed by atoms with Gasteiger partial charge in [0.15, 0.2) is 5.78 Å². The number of ketones is 1. The molecule has 6 nitrogen and oxygen atoms in total. The Kier molecular flexibility index (Phi) is 4.57. The molecule has 0 radical (unpaired) electrons. The Labute approximate surface area is 124 Å². The standard InChI is InChI=1S/C15H21N3O3/c1-11(19)12-6-7-14(15(9-12)18(20)21)17-8-4-5-13(17)10-16(2)3/h6-7,9,13H,4-5,8,10H2,1-3H3. The fourth-order valence-electron chi connectivity index (χ4n) is 2.90. The molecule has 1 unspecified atom stereocenters. The Bertz CT molecular complexity index is 557. The molecular weight excluding hydrogens is 270 g/mol. The number of rotatable bonds is 5. The molecule has 1 aromatic rings. The molecule has 1 aliphatic rings. The zero-order chi connectivity index (χ0) is 15.6. The quantitative estimate of drug-likeness (QED) is 0.473. The van der Waals surface area contributed by atoms with Crippen LogP contribution in [0.25, 0.3) is 0 Å². The molecule has 114 valence electrons. The lowest BCUT2D eigenvalue weighted by molar-refractivity contribution is -0.384. The molecule has 1 saturated heterocycles. The van der Waals surface area contributed by atoms with Gasteiger partial charge in [-0.15, -0.1) is 0 Å². The van der Waals surface area contributed by atoms with Crippen molar-refractivity contribution in [2.75, 3.05) is 32.1 Å². The first-order chi connectivity index (χ1) is 9.90. The number of nitrogens with zero attached hydrogens (tertiary/aromatic N) is 3. The van der Waals surface area contributed by atoms with Gasteiger partial charge in [0.2, 0.25) is 0 Å². The van der Waals surface area contributed by atoms with Gasteiger partial charge in [0.25, 0.3) is 5.69 Å². The highest BCUT2D eigenvalue weighted by molar-refractivity contribution is 5.95. The van der Waals surface area contributed by atoms with Crippen molar-refractivity contribution in [1.82, 2.24) is 4.90 Å². The highest BCUT2D eigenvalue weighted by Gasteiger charge is 2.30. The molecule has 1 atom stereocenters. The van der Waals surface area contributed by atoms with Gasteiger partial charge in [-0.05, 0) is 46.0 Å². The lowest BCUT2D eigenvalue weighted by atomic mass is 10.1. The highest BCUT2D eigenvalue weighted by Crippen LogP contribution is 2.34. The molecule has 2 rings (SSSR count).